The van der Waals surface area contributed by atoms with Crippen LogP contribution in [-0.4, -0.2) is 21.9 Å². The molecule has 0 aliphatic heterocycles. The Morgan fingerprint density at radius 3 is 2.71 bits per heavy atom. The molecule has 0 fully saturated rings. The summed E-state index contributed by atoms with van der Waals surface area (Å²) in [6, 6.07) is 13.4. The Bertz CT molecular complexity index is 872. The van der Waals surface area contributed by atoms with Crippen LogP contribution >= 0.6 is 27.7 Å². The molecule has 3 rings (SSSR count). The summed E-state index contributed by atoms with van der Waals surface area (Å²) in [6.45, 7) is 0. The molecule has 0 aliphatic carbocycles. The van der Waals surface area contributed by atoms with Crippen molar-refractivity contribution in [3.63, 3.8) is 0 Å². The van der Waals surface area contributed by atoms with Crippen molar-refractivity contribution >= 4 is 39.3 Å². The third-order valence-electron chi connectivity index (χ3n) is 2.99. The minimum absolute atomic E-state index is 0.0850. The molecule has 1 amide bonds. The van der Waals surface area contributed by atoms with Crippen molar-refractivity contribution < 1.29 is 13.6 Å². The number of aromatic nitrogens is 2. The third-order valence-corrected chi connectivity index (χ3v) is 4.50. The molecule has 0 bridgehead atoms. The van der Waals surface area contributed by atoms with Gasteiger partial charge in [-0.05, 0) is 40.2 Å². The molecule has 1 aromatic heterocycles. The van der Waals surface area contributed by atoms with Crippen LogP contribution in [0.15, 0.2) is 62.6 Å². The molecule has 24 heavy (non-hydrogen) atoms. The number of thioether (sulfide) groups is 1. The van der Waals surface area contributed by atoms with Crippen molar-refractivity contribution in [2.75, 3.05) is 11.1 Å². The van der Waals surface area contributed by atoms with E-state index in [1.54, 1.807) is 24.3 Å². The smallest absolute Gasteiger partial charge is 0.277 e. The van der Waals surface area contributed by atoms with Gasteiger partial charge in [0.2, 0.25) is 5.91 Å². The highest BCUT2D eigenvalue weighted by Gasteiger charge is 2.14. The summed E-state index contributed by atoms with van der Waals surface area (Å²) >= 11 is 4.44. The number of nitrogens with one attached hydrogen (secondary N) is 1. The lowest BCUT2D eigenvalue weighted by Crippen LogP contribution is -2.14. The predicted octanol–water partition coefficient (Wildman–Crippen LogP) is 4.37. The van der Waals surface area contributed by atoms with E-state index in [0.717, 1.165) is 16.2 Å². The standard InChI is InChI=1S/C16H11BrFN3O2S/c17-11-6-2-4-8-13(11)19-14(22)9-24-16-21-20-15(23-16)10-5-1-3-7-12(10)18/h1-8H,9H2,(H,19,22). The monoisotopic (exact) mass is 407 g/mol. The SMILES string of the molecule is O=C(CSc1nnc(-c2ccccc2F)o1)Nc1ccccc1Br. The molecular weight excluding hydrogens is 397 g/mol. The summed E-state index contributed by atoms with van der Waals surface area (Å²) in [5.41, 5.74) is 0.912. The maximum absolute atomic E-state index is 13.7. The first-order valence-electron chi connectivity index (χ1n) is 6.89. The number of carbonyl (C=O) groups excluding carboxylic acids is 1. The van der Waals surface area contributed by atoms with Gasteiger partial charge in [-0.2, -0.15) is 0 Å². The number of nitrogens with zero attached hydrogens (tertiary/aromatic N) is 2. The largest absolute Gasteiger partial charge is 0.411 e. The molecule has 1 N–H and O–H groups in total. The minimum Gasteiger partial charge on any atom is -0.411 e. The van der Waals surface area contributed by atoms with Gasteiger partial charge in [0.05, 0.1) is 17.0 Å². The molecule has 0 spiro atoms. The van der Waals surface area contributed by atoms with Crippen molar-refractivity contribution in [1.82, 2.24) is 10.2 Å². The van der Waals surface area contributed by atoms with Crippen molar-refractivity contribution in [3.05, 3.63) is 58.8 Å². The van der Waals surface area contributed by atoms with Crippen molar-refractivity contribution in [1.29, 1.82) is 0 Å². The van der Waals surface area contributed by atoms with Gasteiger partial charge in [-0.3, -0.25) is 4.79 Å². The van der Waals surface area contributed by atoms with E-state index in [0.29, 0.717) is 5.69 Å². The lowest BCUT2D eigenvalue weighted by Gasteiger charge is -2.05. The van der Waals surface area contributed by atoms with Crippen LogP contribution in [0.2, 0.25) is 0 Å². The predicted molar refractivity (Wildman–Crippen MR) is 93.2 cm³/mol. The van der Waals surface area contributed by atoms with E-state index in [4.69, 9.17) is 4.42 Å². The van der Waals surface area contributed by atoms with Crippen molar-refractivity contribution in [2.24, 2.45) is 0 Å². The van der Waals surface area contributed by atoms with E-state index in [1.165, 1.54) is 6.07 Å². The zero-order chi connectivity index (χ0) is 16.9. The Balaban J connectivity index is 1.61. The fourth-order valence-corrected chi connectivity index (χ4v) is 2.83. The van der Waals surface area contributed by atoms with Crippen LogP contribution in [0.25, 0.3) is 11.5 Å². The summed E-state index contributed by atoms with van der Waals surface area (Å²) in [4.78, 5) is 12.0. The molecule has 3 aromatic rings. The highest BCUT2D eigenvalue weighted by atomic mass is 79.9. The fourth-order valence-electron chi connectivity index (χ4n) is 1.89. The van der Waals surface area contributed by atoms with Gasteiger partial charge >= 0.3 is 0 Å². The van der Waals surface area contributed by atoms with Crippen LogP contribution in [0, 0.1) is 5.82 Å². The van der Waals surface area contributed by atoms with Gasteiger partial charge < -0.3 is 9.73 Å². The molecule has 5 nitrogen and oxygen atoms in total. The molecule has 0 unspecified atom stereocenters. The highest BCUT2D eigenvalue weighted by Crippen LogP contribution is 2.26. The Morgan fingerprint density at radius 1 is 1.17 bits per heavy atom. The van der Waals surface area contributed by atoms with Crippen LogP contribution in [0.5, 0.6) is 0 Å². The van der Waals surface area contributed by atoms with Crippen LogP contribution in [0.4, 0.5) is 10.1 Å². The second-order valence-electron chi connectivity index (χ2n) is 4.67. The normalized spacial score (nSPS) is 10.6. The first-order chi connectivity index (χ1) is 11.6. The summed E-state index contributed by atoms with van der Waals surface area (Å²) in [6.07, 6.45) is 0. The maximum Gasteiger partial charge on any atom is 0.277 e. The van der Waals surface area contributed by atoms with E-state index in [1.807, 2.05) is 18.2 Å². The molecule has 1 heterocycles. The Kier molecular flexibility index (Phi) is 5.27. The zero-order valence-corrected chi connectivity index (χ0v) is 14.6. The van der Waals surface area contributed by atoms with Gasteiger partial charge in [0.15, 0.2) is 0 Å². The van der Waals surface area contributed by atoms with E-state index >= 15 is 0 Å². The summed E-state index contributed by atoms with van der Waals surface area (Å²) in [7, 11) is 0. The number of para-hydroxylation sites is 1. The second-order valence-corrected chi connectivity index (χ2v) is 6.45. The van der Waals surface area contributed by atoms with Gasteiger partial charge in [-0.1, -0.05) is 36.0 Å². The number of hydrogen-bond donors (Lipinski definition) is 1. The third kappa shape index (κ3) is 4.01. The van der Waals surface area contributed by atoms with Gasteiger partial charge in [-0.25, -0.2) is 4.39 Å². The zero-order valence-electron chi connectivity index (χ0n) is 12.2. The number of amides is 1. The lowest BCUT2D eigenvalue weighted by atomic mass is 10.2. The van der Waals surface area contributed by atoms with Gasteiger partial charge in [-0.15, -0.1) is 10.2 Å². The molecule has 2 aromatic carbocycles. The summed E-state index contributed by atoms with van der Waals surface area (Å²) in [5, 5.41) is 10.6. The van der Waals surface area contributed by atoms with E-state index < -0.39 is 5.82 Å². The molecule has 8 heteroatoms. The van der Waals surface area contributed by atoms with Crippen LogP contribution in [0.1, 0.15) is 0 Å². The van der Waals surface area contributed by atoms with Crippen molar-refractivity contribution in [2.45, 2.75) is 5.22 Å². The average molecular weight is 408 g/mol. The molecule has 0 aliphatic rings. The van der Waals surface area contributed by atoms with E-state index in [2.05, 4.69) is 31.4 Å². The Labute approximate surface area is 149 Å². The first-order valence-corrected chi connectivity index (χ1v) is 8.67. The lowest BCUT2D eigenvalue weighted by molar-refractivity contribution is -0.113. The van der Waals surface area contributed by atoms with Crippen LogP contribution in [0.3, 0.4) is 0 Å². The van der Waals surface area contributed by atoms with Gasteiger partial charge in [0.25, 0.3) is 11.1 Å². The number of hydrogen-bond acceptors (Lipinski definition) is 5. The van der Waals surface area contributed by atoms with Gasteiger partial charge in [0, 0.05) is 4.47 Å². The minimum atomic E-state index is -0.440. The molecule has 0 atom stereocenters. The summed E-state index contributed by atoms with van der Waals surface area (Å²) < 4.78 is 19.9. The number of anilines is 1. The van der Waals surface area contributed by atoms with E-state index in [9.17, 15) is 9.18 Å². The number of halogens is 2. The number of benzene rings is 2. The Morgan fingerprint density at radius 2 is 1.92 bits per heavy atom. The first kappa shape index (κ1) is 16.7. The number of rotatable bonds is 5. The topological polar surface area (TPSA) is 68.0 Å². The van der Waals surface area contributed by atoms with Gasteiger partial charge in [0.1, 0.15) is 5.82 Å². The molecule has 0 radical (unpaired) electrons. The van der Waals surface area contributed by atoms with Crippen LogP contribution in [-0.2, 0) is 4.79 Å². The van der Waals surface area contributed by atoms with Crippen LogP contribution < -0.4 is 5.32 Å². The molecule has 122 valence electrons. The second kappa shape index (κ2) is 7.59. The van der Waals surface area contributed by atoms with E-state index in [-0.39, 0.29) is 28.3 Å². The average Bonchev–Trinajstić information content (AvgIpc) is 3.04. The van der Waals surface area contributed by atoms with Crippen molar-refractivity contribution in [3.8, 4) is 11.5 Å². The molecule has 0 saturated carbocycles. The quantitative estimate of drug-likeness (QED) is 0.635. The highest BCUT2D eigenvalue weighted by molar-refractivity contribution is 9.10. The molecular formula is C16H11BrFN3O2S. The molecule has 0 saturated heterocycles. The Hall–Kier alpha value is -2.19. The fraction of sp³-hybridized carbons (Fsp3) is 0.0625. The number of carbonyl (C=O) groups is 1. The summed E-state index contributed by atoms with van der Waals surface area (Å²) in [5.74, 6) is -0.469. The maximum atomic E-state index is 13.7.